The topological polar surface area (TPSA) is 26.0 Å². The Hall–Kier alpha value is -0.300. The molecule has 1 fully saturated rings. The van der Waals surface area contributed by atoms with Gasteiger partial charge in [0, 0.05) is 6.04 Å². The molecule has 0 spiro atoms. The van der Waals surface area contributed by atoms with E-state index >= 15 is 0 Å². The van der Waals surface area contributed by atoms with Gasteiger partial charge in [0.2, 0.25) is 0 Å². The highest BCUT2D eigenvalue weighted by atomic mass is 14.6. The zero-order chi connectivity index (χ0) is 7.40. The lowest BCUT2D eigenvalue weighted by molar-refractivity contribution is 0.498. The van der Waals surface area contributed by atoms with E-state index in [0.717, 1.165) is 0 Å². The molecule has 0 aromatic heterocycles. The molecule has 1 nitrogen and oxygen atoms in total. The number of nitrogens with two attached hydrogens (primary N) is 1. The minimum absolute atomic E-state index is 0.466. The fourth-order valence-corrected chi connectivity index (χ4v) is 1.50. The summed E-state index contributed by atoms with van der Waals surface area (Å²) in [6, 6.07) is 0.466. The molecule has 0 unspecified atom stereocenters. The Balaban J connectivity index is 2.27. The van der Waals surface area contributed by atoms with E-state index in [0.29, 0.717) is 6.04 Å². The highest BCUT2D eigenvalue weighted by Crippen LogP contribution is 2.18. The molecule has 0 atom stereocenters. The monoisotopic (exact) mass is 139 g/mol. The number of rotatable bonds is 0. The summed E-state index contributed by atoms with van der Waals surface area (Å²) in [6.45, 7) is 4.00. The molecule has 0 heterocycles. The van der Waals surface area contributed by atoms with E-state index in [1.165, 1.54) is 44.1 Å². The van der Waals surface area contributed by atoms with Crippen LogP contribution in [0.5, 0.6) is 0 Å². The lowest BCUT2D eigenvalue weighted by Crippen LogP contribution is -2.20. The first-order chi connectivity index (χ1) is 4.79. The molecular formula is C9H17N. The molecule has 0 amide bonds. The molecule has 10 heavy (non-hydrogen) atoms. The molecule has 0 saturated heterocycles. The van der Waals surface area contributed by atoms with E-state index < -0.39 is 0 Å². The van der Waals surface area contributed by atoms with E-state index in [1.807, 2.05) is 0 Å². The Labute approximate surface area is 63.3 Å². The predicted octanol–water partition coefficient (Wildman–Crippen LogP) is 2.22. The van der Waals surface area contributed by atoms with Crippen LogP contribution in [0.1, 0.15) is 38.5 Å². The fraction of sp³-hybridized carbons (Fsp3) is 0.778. The fourth-order valence-electron chi connectivity index (χ4n) is 1.50. The van der Waals surface area contributed by atoms with Crippen molar-refractivity contribution in [3.8, 4) is 0 Å². The maximum atomic E-state index is 5.82. The van der Waals surface area contributed by atoms with Crippen molar-refractivity contribution in [2.45, 2.75) is 44.6 Å². The molecule has 0 aliphatic heterocycles. The third-order valence-electron chi connectivity index (χ3n) is 2.21. The van der Waals surface area contributed by atoms with E-state index in [1.54, 1.807) is 0 Å². The largest absolute Gasteiger partial charge is 0.328 e. The summed E-state index contributed by atoms with van der Waals surface area (Å²) in [7, 11) is 0. The van der Waals surface area contributed by atoms with Crippen LogP contribution in [0.4, 0.5) is 0 Å². The Morgan fingerprint density at radius 2 is 1.70 bits per heavy atom. The first kappa shape index (κ1) is 7.80. The Kier molecular flexibility index (Phi) is 2.94. The van der Waals surface area contributed by atoms with Crippen LogP contribution in [-0.2, 0) is 0 Å². The number of allylic oxidation sites excluding steroid dienone is 1. The average molecular weight is 139 g/mol. The van der Waals surface area contributed by atoms with Crippen LogP contribution >= 0.6 is 0 Å². The summed E-state index contributed by atoms with van der Waals surface area (Å²) in [5.41, 5.74) is 7.24. The van der Waals surface area contributed by atoms with E-state index in [2.05, 4.69) is 6.58 Å². The lowest BCUT2D eigenvalue weighted by Gasteiger charge is -2.15. The molecule has 1 aliphatic rings. The molecule has 1 saturated carbocycles. The quantitative estimate of drug-likeness (QED) is 0.512. The van der Waals surface area contributed by atoms with E-state index in [-0.39, 0.29) is 0 Å². The molecule has 0 aromatic rings. The van der Waals surface area contributed by atoms with Crippen molar-refractivity contribution < 1.29 is 0 Å². The minimum atomic E-state index is 0.466. The van der Waals surface area contributed by atoms with Gasteiger partial charge in [0.15, 0.2) is 0 Å². The second-order valence-electron chi connectivity index (χ2n) is 3.29. The van der Waals surface area contributed by atoms with Crippen molar-refractivity contribution in [1.82, 2.24) is 0 Å². The van der Waals surface area contributed by atoms with Gasteiger partial charge in [-0.2, -0.15) is 0 Å². The van der Waals surface area contributed by atoms with Gasteiger partial charge >= 0.3 is 0 Å². The average Bonchev–Trinajstić information content (AvgIpc) is 1.84. The molecule has 1 rings (SSSR count). The SMILES string of the molecule is C=C1CCCC(N)CCC1. The predicted molar refractivity (Wildman–Crippen MR) is 44.8 cm³/mol. The first-order valence-electron chi connectivity index (χ1n) is 4.21. The zero-order valence-electron chi connectivity index (χ0n) is 6.60. The molecule has 1 aliphatic carbocycles. The van der Waals surface area contributed by atoms with Gasteiger partial charge in [0.25, 0.3) is 0 Å². The van der Waals surface area contributed by atoms with Crippen molar-refractivity contribution in [3.63, 3.8) is 0 Å². The van der Waals surface area contributed by atoms with Crippen molar-refractivity contribution in [2.24, 2.45) is 5.73 Å². The summed E-state index contributed by atoms with van der Waals surface area (Å²) in [5.74, 6) is 0. The third-order valence-corrected chi connectivity index (χ3v) is 2.21. The van der Waals surface area contributed by atoms with Crippen molar-refractivity contribution >= 4 is 0 Å². The standard InChI is InChI=1S/C9H17N/c1-8-4-2-6-9(10)7-3-5-8/h9H,1-7,10H2. The second kappa shape index (κ2) is 3.77. The number of hydrogen-bond acceptors (Lipinski definition) is 1. The summed E-state index contributed by atoms with van der Waals surface area (Å²) >= 11 is 0. The van der Waals surface area contributed by atoms with Gasteiger partial charge in [-0.05, 0) is 38.5 Å². The van der Waals surface area contributed by atoms with Crippen LogP contribution in [0.25, 0.3) is 0 Å². The lowest BCUT2D eigenvalue weighted by atomic mass is 9.95. The van der Waals surface area contributed by atoms with Gasteiger partial charge in [0.05, 0.1) is 0 Å². The summed E-state index contributed by atoms with van der Waals surface area (Å²) < 4.78 is 0. The van der Waals surface area contributed by atoms with Gasteiger partial charge in [-0.25, -0.2) is 0 Å². The molecule has 1 heteroatoms. The maximum absolute atomic E-state index is 5.82. The number of hydrogen-bond donors (Lipinski definition) is 1. The molecule has 58 valence electrons. The van der Waals surface area contributed by atoms with Crippen LogP contribution in [-0.4, -0.2) is 6.04 Å². The summed E-state index contributed by atoms with van der Waals surface area (Å²) in [5, 5.41) is 0. The van der Waals surface area contributed by atoms with Crippen molar-refractivity contribution in [1.29, 1.82) is 0 Å². The van der Waals surface area contributed by atoms with Crippen LogP contribution in [0.3, 0.4) is 0 Å². The molecule has 0 aromatic carbocycles. The van der Waals surface area contributed by atoms with Gasteiger partial charge < -0.3 is 5.73 Å². The Bertz CT molecular complexity index is 106. The van der Waals surface area contributed by atoms with E-state index in [9.17, 15) is 0 Å². The molecule has 0 bridgehead atoms. The van der Waals surface area contributed by atoms with Gasteiger partial charge in [0.1, 0.15) is 0 Å². The Morgan fingerprint density at radius 3 is 2.20 bits per heavy atom. The van der Waals surface area contributed by atoms with Gasteiger partial charge in [-0.1, -0.05) is 12.2 Å². The zero-order valence-corrected chi connectivity index (χ0v) is 6.60. The van der Waals surface area contributed by atoms with Crippen LogP contribution in [0, 0.1) is 0 Å². The smallest absolute Gasteiger partial charge is 0.00390 e. The van der Waals surface area contributed by atoms with Crippen molar-refractivity contribution in [3.05, 3.63) is 12.2 Å². The molecule has 0 radical (unpaired) electrons. The Morgan fingerprint density at radius 1 is 1.20 bits per heavy atom. The van der Waals surface area contributed by atoms with Crippen LogP contribution in [0.15, 0.2) is 12.2 Å². The normalized spacial score (nSPS) is 23.9. The maximum Gasteiger partial charge on any atom is 0.00390 e. The summed E-state index contributed by atoms with van der Waals surface area (Å²) in [6.07, 6.45) is 7.29. The minimum Gasteiger partial charge on any atom is -0.328 e. The highest BCUT2D eigenvalue weighted by Gasteiger charge is 2.06. The van der Waals surface area contributed by atoms with Crippen LogP contribution in [0.2, 0.25) is 0 Å². The molecular weight excluding hydrogens is 122 g/mol. The van der Waals surface area contributed by atoms with Gasteiger partial charge in [-0.3, -0.25) is 0 Å². The summed E-state index contributed by atoms with van der Waals surface area (Å²) in [4.78, 5) is 0. The third kappa shape index (κ3) is 2.53. The highest BCUT2D eigenvalue weighted by molar-refractivity contribution is 4.95. The first-order valence-corrected chi connectivity index (χ1v) is 4.21. The van der Waals surface area contributed by atoms with Gasteiger partial charge in [-0.15, -0.1) is 0 Å². The van der Waals surface area contributed by atoms with Crippen molar-refractivity contribution in [2.75, 3.05) is 0 Å². The van der Waals surface area contributed by atoms with E-state index in [4.69, 9.17) is 5.73 Å². The second-order valence-corrected chi connectivity index (χ2v) is 3.29. The van der Waals surface area contributed by atoms with Crippen LogP contribution < -0.4 is 5.73 Å². The molecule has 2 N–H and O–H groups in total.